The Balaban J connectivity index is 1.61. The number of pyridine rings is 1. The molecule has 1 unspecified atom stereocenters. The summed E-state index contributed by atoms with van der Waals surface area (Å²) in [4.78, 5) is 9.57. The van der Waals surface area contributed by atoms with E-state index < -0.39 is 10.0 Å². The maximum Gasteiger partial charge on any atom is 0.243 e. The molecule has 1 aliphatic heterocycles. The van der Waals surface area contributed by atoms with Gasteiger partial charge in [-0.1, -0.05) is 19.1 Å². The van der Waals surface area contributed by atoms with Crippen LogP contribution >= 0.6 is 0 Å². The van der Waals surface area contributed by atoms with Crippen molar-refractivity contribution < 1.29 is 8.42 Å². The van der Waals surface area contributed by atoms with Crippen molar-refractivity contribution in [3.63, 3.8) is 0 Å². The van der Waals surface area contributed by atoms with Crippen LogP contribution in [0.15, 0.2) is 47.5 Å². The van der Waals surface area contributed by atoms with Crippen molar-refractivity contribution in [3.8, 4) is 0 Å². The van der Waals surface area contributed by atoms with Crippen LogP contribution in [0.5, 0.6) is 0 Å². The third-order valence-electron chi connectivity index (χ3n) is 5.34. The molecule has 4 rings (SSSR count). The van der Waals surface area contributed by atoms with Gasteiger partial charge in [-0.15, -0.1) is 0 Å². The first kappa shape index (κ1) is 18.1. The Kier molecular flexibility index (Phi) is 4.74. The Morgan fingerprint density at radius 3 is 2.63 bits per heavy atom. The van der Waals surface area contributed by atoms with Crippen LogP contribution in [-0.2, 0) is 23.0 Å². The van der Waals surface area contributed by atoms with Crippen molar-refractivity contribution in [2.75, 3.05) is 13.1 Å². The smallest absolute Gasteiger partial charge is 0.243 e. The molecule has 0 amide bonds. The normalized spacial score (nSPS) is 18.4. The van der Waals surface area contributed by atoms with Crippen LogP contribution < -0.4 is 0 Å². The van der Waals surface area contributed by atoms with Gasteiger partial charge in [0.1, 0.15) is 11.3 Å². The molecule has 1 aliphatic rings. The first-order chi connectivity index (χ1) is 13.0. The number of benzene rings is 1. The fourth-order valence-corrected chi connectivity index (χ4v) is 5.30. The van der Waals surface area contributed by atoms with Crippen LogP contribution in [0.2, 0.25) is 0 Å². The van der Waals surface area contributed by atoms with Crippen LogP contribution in [0.25, 0.3) is 11.2 Å². The molecule has 2 aromatic heterocycles. The third-order valence-corrected chi connectivity index (χ3v) is 7.21. The fourth-order valence-electron chi connectivity index (χ4n) is 3.80. The quantitative estimate of drug-likeness (QED) is 0.677. The molecule has 0 bridgehead atoms. The number of aryl methyl sites for hydroxylation is 2. The van der Waals surface area contributed by atoms with Gasteiger partial charge in [0.25, 0.3) is 0 Å². The van der Waals surface area contributed by atoms with Gasteiger partial charge < -0.3 is 4.57 Å². The molecular formula is C20H24N4O2S. The van der Waals surface area contributed by atoms with Crippen molar-refractivity contribution in [3.05, 3.63) is 54.0 Å². The second-order valence-electron chi connectivity index (χ2n) is 6.91. The van der Waals surface area contributed by atoms with Crippen molar-refractivity contribution in [2.24, 2.45) is 0 Å². The Morgan fingerprint density at radius 1 is 1.15 bits per heavy atom. The van der Waals surface area contributed by atoms with E-state index in [4.69, 9.17) is 4.98 Å². The van der Waals surface area contributed by atoms with Crippen molar-refractivity contribution in [1.82, 2.24) is 18.8 Å². The lowest BCUT2D eigenvalue weighted by molar-refractivity contribution is 0.469. The molecule has 3 heterocycles. The van der Waals surface area contributed by atoms with E-state index >= 15 is 0 Å². The molecule has 1 fully saturated rings. The molecule has 142 valence electrons. The summed E-state index contributed by atoms with van der Waals surface area (Å²) in [5.74, 6) is 1.02. The van der Waals surface area contributed by atoms with Crippen LogP contribution in [0.4, 0.5) is 0 Å². The zero-order valence-electron chi connectivity index (χ0n) is 15.7. The fraction of sp³-hybridized carbons (Fsp3) is 0.400. The Labute approximate surface area is 159 Å². The minimum absolute atomic E-state index is 0.0869. The SMILES string of the molecule is CCc1ccc(S(=O)(=O)N2CCC(c3nc4cccnc4n3CC)C2)cc1. The lowest BCUT2D eigenvalue weighted by Crippen LogP contribution is -2.29. The number of fused-ring (bicyclic) bond motifs is 1. The summed E-state index contributed by atoms with van der Waals surface area (Å²) < 4.78 is 29.7. The number of rotatable bonds is 5. The summed E-state index contributed by atoms with van der Waals surface area (Å²) in [6, 6.07) is 11.0. The second kappa shape index (κ2) is 7.05. The number of aromatic nitrogens is 3. The van der Waals surface area contributed by atoms with Gasteiger partial charge in [0.15, 0.2) is 5.65 Å². The maximum absolute atomic E-state index is 13.0. The minimum atomic E-state index is -3.47. The van der Waals surface area contributed by atoms with Crippen molar-refractivity contribution in [2.45, 2.75) is 44.0 Å². The summed E-state index contributed by atoms with van der Waals surface area (Å²) in [6.07, 6.45) is 3.44. The highest BCUT2D eigenvalue weighted by Gasteiger charge is 2.35. The van der Waals surface area contributed by atoms with E-state index in [0.717, 1.165) is 41.9 Å². The first-order valence-electron chi connectivity index (χ1n) is 9.44. The second-order valence-corrected chi connectivity index (χ2v) is 8.84. The van der Waals surface area contributed by atoms with E-state index in [9.17, 15) is 8.42 Å². The highest BCUT2D eigenvalue weighted by atomic mass is 32.2. The van der Waals surface area contributed by atoms with Crippen LogP contribution in [-0.4, -0.2) is 40.3 Å². The highest BCUT2D eigenvalue weighted by molar-refractivity contribution is 7.89. The van der Waals surface area contributed by atoms with Crippen molar-refractivity contribution >= 4 is 21.2 Å². The number of nitrogens with zero attached hydrogens (tertiary/aromatic N) is 4. The number of hydrogen-bond donors (Lipinski definition) is 0. The zero-order valence-corrected chi connectivity index (χ0v) is 16.5. The molecule has 0 saturated carbocycles. The zero-order chi connectivity index (χ0) is 19.0. The van der Waals surface area contributed by atoms with Crippen LogP contribution in [0, 0.1) is 0 Å². The minimum Gasteiger partial charge on any atom is -0.313 e. The molecule has 3 aromatic rings. The average molecular weight is 385 g/mol. The summed E-state index contributed by atoms with van der Waals surface area (Å²) in [6.45, 7) is 5.87. The Hall–Kier alpha value is -2.25. The molecule has 7 heteroatoms. The predicted octanol–water partition coefficient (Wildman–Crippen LogP) is 3.19. The van der Waals surface area contributed by atoms with Gasteiger partial charge in [-0.3, -0.25) is 0 Å². The molecule has 0 aliphatic carbocycles. The third kappa shape index (κ3) is 3.15. The van der Waals surface area contributed by atoms with E-state index in [0.29, 0.717) is 18.0 Å². The molecule has 1 saturated heterocycles. The predicted molar refractivity (Wildman–Crippen MR) is 105 cm³/mol. The summed E-state index contributed by atoms with van der Waals surface area (Å²) >= 11 is 0. The number of sulfonamides is 1. The topological polar surface area (TPSA) is 68.1 Å². The molecule has 0 N–H and O–H groups in total. The lowest BCUT2D eigenvalue weighted by Gasteiger charge is -2.17. The Morgan fingerprint density at radius 2 is 1.93 bits per heavy atom. The summed E-state index contributed by atoms with van der Waals surface area (Å²) in [5.41, 5.74) is 2.87. The van der Waals surface area contributed by atoms with Gasteiger partial charge in [-0.2, -0.15) is 4.31 Å². The van der Waals surface area contributed by atoms with Gasteiger partial charge >= 0.3 is 0 Å². The van der Waals surface area contributed by atoms with Gasteiger partial charge in [-0.05, 0) is 49.6 Å². The molecular weight excluding hydrogens is 360 g/mol. The molecule has 1 atom stereocenters. The number of imidazole rings is 1. The standard InChI is InChI=1S/C20H24N4O2S/c1-3-15-7-9-17(10-8-15)27(25,26)23-13-11-16(14-23)19-22-18-6-5-12-21-20(18)24(19)4-2/h5-10,12,16H,3-4,11,13-14H2,1-2H3. The Bertz CT molecular complexity index is 1060. The summed E-state index contributed by atoms with van der Waals surface area (Å²) in [7, 11) is -3.47. The average Bonchev–Trinajstić information content (AvgIpc) is 3.32. The van der Waals surface area contributed by atoms with Gasteiger partial charge in [-0.25, -0.2) is 18.4 Å². The van der Waals surface area contributed by atoms with E-state index in [1.165, 1.54) is 0 Å². The maximum atomic E-state index is 13.0. The largest absolute Gasteiger partial charge is 0.313 e. The lowest BCUT2D eigenvalue weighted by atomic mass is 10.1. The monoisotopic (exact) mass is 384 g/mol. The van der Waals surface area contributed by atoms with Gasteiger partial charge in [0.2, 0.25) is 10.0 Å². The molecule has 6 nitrogen and oxygen atoms in total. The van der Waals surface area contributed by atoms with E-state index in [-0.39, 0.29) is 5.92 Å². The van der Waals surface area contributed by atoms with Crippen molar-refractivity contribution in [1.29, 1.82) is 0 Å². The van der Waals surface area contributed by atoms with Gasteiger partial charge in [0, 0.05) is 31.7 Å². The van der Waals surface area contributed by atoms with E-state index in [1.54, 1.807) is 22.6 Å². The van der Waals surface area contributed by atoms with Crippen LogP contribution in [0.1, 0.15) is 37.6 Å². The van der Waals surface area contributed by atoms with Gasteiger partial charge in [0.05, 0.1) is 4.90 Å². The highest BCUT2D eigenvalue weighted by Crippen LogP contribution is 2.32. The van der Waals surface area contributed by atoms with E-state index in [2.05, 4.69) is 23.4 Å². The molecule has 0 spiro atoms. The summed E-state index contributed by atoms with van der Waals surface area (Å²) in [5, 5.41) is 0. The van der Waals surface area contributed by atoms with Crippen LogP contribution in [0.3, 0.4) is 0 Å². The molecule has 1 aromatic carbocycles. The molecule has 0 radical (unpaired) electrons. The first-order valence-corrected chi connectivity index (χ1v) is 10.9. The number of hydrogen-bond acceptors (Lipinski definition) is 4. The van der Waals surface area contributed by atoms with E-state index in [1.807, 2.05) is 24.3 Å². The molecule has 27 heavy (non-hydrogen) atoms.